The first-order valence-electron chi connectivity index (χ1n) is 11.1. The van der Waals surface area contributed by atoms with Gasteiger partial charge >= 0.3 is 5.97 Å². The van der Waals surface area contributed by atoms with E-state index in [9.17, 15) is 9.59 Å². The van der Waals surface area contributed by atoms with E-state index >= 15 is 0 Å². The summed E-state index contributed by atoms with van der Waals surface area (Å²) in [7, 11) is 1.31. The van der Waals surface area contributed by atoms with Crippen LogP contribution in [0.15, 0.2) is 73.1 Å². The molecule has 1 aliphatic heterocycles. The van der Waals surface area contributed by atoms with E-state index in [1.807, 2.05) is 24.3 Å². The summed E-state index contributed by atoms with van der Waals surface area (Å²) in [5.74, 6) is -0.0906. The number of amides is 1. The van der Waals surface area contributed by atoms with Crippen molar-refractivity contribution in [1.29, 1.82) is 0 Å². The topological polar surface area (TPSA) is 78.0 Å². The summed E-state index contributed by atoms with van der Waals surface area (Å²) >= 11 is 0. The fraction of sp³-hybridized carbons (Fsp3) is 0.222. The standard InChI is InChI=1S/C27H24N2O5/c1-32-27(31)18-12-19(15-28-14-18)34-17-20-16-29(10-11-33-20)26(30)13-25-23-8-4-2-6-21(23)22-7-3-5-9-24(22)25/h2-9,12-15,20H,10-11,16-17H2,1H3. The van der Waals surface area contributed by atoms with Crippen molar-refractivity contribution in [2.45, 2.75) is 6.10 Å². The summed E-state index contributed by atoms with van der Waals surface area (Å²) in [5.41, 5.74) is 5.69. The maximum Gasteiger partial charge on any atom is 0.339 e. The van der Waals surface area contributed by atoms with Crippen LogP contribution in [0.5, 0.6) is 5.75 Å². The molecule has 1 atom stereocenters. The molecule has 7 heteroatoms. The van der Waals surface area contributed by atoms with Gasteiger partial charge in [0.25, 0.3) is 0 Å². The molecule has 1 fully saturated rings. The molecule has 1 amide bonds. The Balaban J connectivity index is 1.28. The minimum absolute atomic E-state index is 0.0517. The average Bonchev–Trinajstić information content (AvgIpc) is 3.21. The molecule has 0 spiro atoms. The molecule has 2 aromatic carbocycles. The molecule has 1 saturated heterocycles. The van der Waals surface area contributed by atoms with Gasteiger partial charge in [-0.1, -0.05) is 48.5 Å². The summed E-state index contributed by atoms with van der Waals surface area (Å²) in [4.78, 5) is 30.7. The maximum atomic E-state index is 13.2. The van der Waals surface area contributed by atoms with E-state index in [2.05, 4.69) is 29.2 Å². The van der Waals surface area contributed by atoms with Gasteiger partial charge in [0, 0.05) is 18.8 Å². The van der Waals surface area contributed by atoms with Crippen LogP contribution in [0.4, 0.5) is 0 Å². The monoisotopic (exact) mass is 456 g/mol. The van der Waals surface area contributed by atoms with Gasteiger partial charge in [-0.2, -0.15) is 0 Å². The lowest BCUT2D eigenvalue weighted by Crippen LogP contribution is -2.47. The number of nitrogens with zero attached hydrogens (tertiary/aromatic N) is 2. The molecule has 5 rings (SSSR count). The van der Waals surface area contributed by atoms with E-state index in [1.165, 1.54) is 19.5 Å². The predicted molar refractivity (Wildman–Crippen MR) is 126 cm³/mol. The highest BCUT2D eigenvalue weighted by Gasteiger charge is 2.27. The molecule has 1 aromatic heterocycles. The quantitative estimate of drug-likeness (QED) is 0.337. The van der Waals surface area contributed by atoms with Crippen LogP contribution in [0.3, 0.4) is 0 Å². The van der Waals surface area contributed by atoms with Gasteiger partial charge in [0.2, 0.25) is 5.91 Å². The van der Waals surface area contributed by atoms with Crippen molar-refractivity contribution >= 4 is 17.4 Å². The third-order valence-corrected chi connectivity index (χ3v) is 6.01. The number of esters is 1. The van der Waals surface area contributed by atoms with E-state index in [-0.39, 0.29) is 18.6 Å². The Labute approximate surface area is 197 Å². The number of rotatable bonds is 5. The van der Waals surface area contributed by atoms with E-state index < -0.39 is 5.97 Å². The largest absolute Gasteiger partial charge is 0.489 e. The minimum Gasteiger partial charge on any atom is -0.489 e. The highest BCUT2D eigenvalue weighted by atomic mass is 16.5. The zero-order valence-corrected chi connectivity index (χ0v) is 18.8. The number of ether oxygens (including phenoxy) is 3. The highest BCUT2D eigenvalue weighted by Crippen LogP contribution is 2.43. The summed E-state index contributed by atoms with van der Waals surface area (Å²) in [6, 6.07) is 17.9. The number of hydrogen-bond donors (Lipinski definition) is 0. The third kappa shape index (κ3) is 4.30. The van der Waals surface area contributed by atoms with Crippen molar-refractivity contribution in [3.05, 3.63) is 89.8 Å². The molecule has 34 heavy (non-hydrogen) atoms. The third-order valence-electron chi connectivity index (χ3n) is 6.01. The second-order valence-electron chi connectivity index (χ2n) is 8.14. The summed E-state index contributed by atoms with van der Waals surface area (Å²) in [6.45, 7) is 1.59. The first kappa shape index (κ1) is 21.9. The van der Waals surface area contributed by atoms with Crippen LogP contribution in [0.1, 0.15) is 21.5 Å². The first-order chi connectivity index (χ1) is 16.6. The van der Waals surface area contributed by atoms with Crippen LogP contribution in [0, 0.1) is 0 Å². The van der Waals surface area contributed by atoms with Gasteiger partial charge in [0.1, 0.15) is 18.5 Å². The smallest absolute Gasteiger partial charge is 0.339 e. The van der Waals surface area contributed by atoms with Gasteiger partial charge in [0.15, 0.2) is 0 Å². The fourth-order valence-corrected chi connectivity index (χ4v) is 4.36. The number of fused-ring (bicyclic) bond motifs is 3. The number of carbonyl (C=O) groups excluding carboxylic acids is 2. The number of pyridine rings is 1. The number of aromatic nitrogens is 1. The summed E-state index contributed by atoms with van der Waals surface area (Å²) < 4.78 is 16.3. The lowest BCUT2D eigenvalue weighted by atomic mass is 10.0. The Morgan fingerprint density at radius 2 is 1.74 bits per heavy atom. The zero-order valence-electron chi connectivity index (χ0n) is 18.8. The molecule has 0 saturated carbocycles. The summed E-state index contributed by atoms with van der Waals surface area (Å²) in [6.07, 6.45) is 4.39. The zero-order chi connectivity index (χ0) is 23.5. The van der Waals surface area contributed by atoms with E-state index in [0.717, 1.165) is 27.8 Å². The minimum atomic E-state index is -0.480. The van der Waals surface area contributed by atoms with Gasteiger partial charge in [-0.3, -0.25) is 9.78 Å². The van der Waals surface area contributed by atoms with Gasteiger partial charge in [-0.05, 0) is 33.9 Å². The Morgan fingerprint density at radius 1 is 1.06 bits per heavy atom. The number of carbonyl (C=O) groups is 2. The van der Waals surface area contributed by atoms with E-state index in [4.69, 9.17) is 14.2 Å². The number of morpholine rings is 1. The van der Waals surface area contributed by atoms with Crippen LogP contribution in [0.25, 0.3) is 16.7 Å². The average molecular weight is 456 g/mol. The molecular formula is C27H24N2O5. The van der Waals surface area contributed by atoms with Gasteiger partial charge in [-0.25, -0.2) is 4.79 Å². The van der Waals surface area contributed by atoms with Crippen molar-refractivity contribution in [3.63, 3.8) is 0 Å². The highest BCUT2D eigenvalue weighted by molar-refractivity contribution is 6.08. The van der Waals surface area contributed by atoms with Crippen molar-refractivity contribution < 1.29 is 23.8 Å². The molecule has 2 aliphatic rings. The molecule has 1 unspecified atom stereocenters. The summed E-state index contributed by atoms with van der Waals surface area (Å²) in [5, 5.41) is 0. The molecular weight excluding hydrogens is 432 g/mol. The molecule has 0 bridgehead atoms. The number of hydrogen-bond acceptors (Lipinski definition) is 6. The van der Waals surface area contributed by atoms with Crippen molar-refractivity contribution in [2.24, 2.45) is 0 Å². The Kier molecular flexibility index (Phi) is 6.10. The molecule has 2 heterocycles. The van der Waals surface area contributed by atoms with Crippen LogP contribution in [-0.2, 0) is 14.3 Å². The second kappa shape index (κ2) is 9.49. The molecule has 7 nitrogen and oxygen atoms in total. The maximum absolute atomic E-state index is 13.2. The lowest BCUT2D eigenvalue weighted by molar-refractivity contribution is -0.134. The normalized spacial score (nSPS) is 16.4. The van der Waals surface area contributed by atoms with Crippen LogP contribution < -0.4 is 4.74 Å². The number of methoxy groups -OCH3 is 1. The van der Waals surface area contributed by atoms with Crippen LogP contribution in [-0.4, -0.2) is 61.3 Å². The van der Waals surface area contributed by atoms with E-state index in [1.54, 1.807) is 17.0 Å². The molecule has 1 aliphatic carbocycles. The second-order valence-corrected chi connectivity index (χ2v) is 8.14. The van der Waals surface area contributed by atoms with Crippen LogP contribution in [0.2, 0.25) is 0 Å². The van der Waals surface area contributed by atoms with Gasteiger partial charge in [-0.15, -0.1) is 0 Å². The first-order valence-corrected chi connectivity index (χ1v) is 11.1. The molecule has 0 N–H and O–H groups in total. The molecule has 0 radical (unpaired) electrons. The van der Waals surface area contributed by atoms with Gasteiger partial charge in [0.05, 0.1) is 32.0 Å². The van der Waals surface area contributed by atoms with Crippen molar-refractivity contribution in [2.75, 3.05) is 33.4 Å². The van der Waals surface area contributed by atoms with Gasteiger partial charge < -0.3 is 19.1 Å². The molecule has 172 valence electrons. The lowest BCUT2D eigenvalue weighted by Gasteiger charge is -2.32. The van der Waals surface area contributed by atoms with Crippen molar-refractivity contribution in [3.8, 4) is 16.9 Å². The van der Waals surface area contributed by atoms with E-state index in [0.29, 0.717) is 31.0 Å². The Hall–Kier alpha value is -3.97. The molecule has 3 aromatic rings. The van der Waals surface area contributed by atoms with Crippen molar-refractivity contribution in [1.82, 2.24) is 9.88 Å². The Bertz CT molecular complexity index is 1220. The SMILES string of the molecule is COC(=O)c1cncc(OCC2CN(C(=O)C=C3c4ccccc4-c4ccccc43)CCO2)c1. The number of benzene rings is 2. The predicted octanol–water partition coefficient (Wildman–Crippen LogP) is 3.59. The fourth-order valence-electron chi connectivity index (χ4n) is 4.36. The van der Waals surface area contributed by atoms with Crippen LogP contribution >= 0.6 is 0 Å². The Morgan fingerprint density at radius 3 is 2.41 bits per heavy atom.